The molecule has 0 atom stereocenters. The second-order valence-electron chi connectivity index (χ2n) is 6.82. The van der Waals surface area contributed by atoms with Crippen LogP contribution >= 0.6 is 0 Å². The molecule has 3 aromatic carbocycles. The fourth-order valence-corrected chi connectivity index (χ4v) is 3.27. The number of benzene rings is 3. The van der Waals surface area contributed by atoms with Gasteiger partial charge in [-0.3, -0.25) is 4.79 Å². The van der Waals surface area contributed by atoms with E-state index in [1.807, 2.05) is 83.8 Å². The van der Waals surface area contributed by atoms with Crippen molar-refractivity contribution in [1.29, 1.82) is 0 Å². The van der Waals surface area contributed by atoms with Crippen molar-refractivity contribution in [3.8, 4) is 0 Å². The van der Waals surface area contributed by atoms with Crippen LogP contribution in [-0.2, 0) is 11.3 Å². The van der Waals surface area contributed by atoms with Crippen molar-refractivity contribution in [3.05, 3.63) is 96.3 Å². The minimum atomic E-state index is -0.0317. The average Bonchev–Trinajstić information content (AvgIpc) is 3.25. The number of H-pyrrole nitrogens is 1. The summed E-state index contributed by atoms with van der Waals surface area (Å²) in [6.07, 6.45) is 2.39. The maximum atomic E-state index is 13.2. The van der Waals surface area contributed by atoms with Gasteiger partial charge in [0.2, 0.25) is 0 Å². The highest BCUT2D eigenvalue weighted by Gasteiger charge is 2.18. The number of ether oxygens (including phenoxy) is 1. The Kier molecular flexibility index (Phi) is 5.98. The highest BCUT2D eigenvalue weighted by Crippen LogP contribution is 2.19. The Labute approximate surface area is 170 Å². The minimum Gasteiger partial charge on any atom is -0.377 e. The number of anilines is 1. The number of carbonyl (C=O) groups is 1. The van der Waals surface area contributed by atoms with E-state index in [1.165, 1.54) is 0 Å². The first-order chi connectivity index (χ1) is 14.3. The third-order valence-electron chi connectivity index (χ3n) is 4.76. The van der Waals surface area contributed by atoms with Gasteiger partial charge in [0.25, 0.3) is 5.91 Å². The van der Waals surface area contributed by atoms with E-state index in [-0.39, 0.29) is 5.91 Å². The smallest absolute Gasteiger partial charge is 0.258 e. The lowest BCUT2D eigenvalue weighted by atomic mass is 10.1. The third-order valence-corrected chi connectivity index (χ3v) is 4.76. The molecular formula is C24H23N3O2. The molecule has 5 nitrogen and oxygen atoms in total. The van der Waals surface area contributed by atoms with Gasteiger partial charge in [-0.1, -0.05) is 48.5 Å². The highest BCUT2D eigenvalue weighted by molar-refractivity contribution is 6.07. The van der Waals surface area contributed by atoms with E-state index in [9.17, 15) is 4.79 Å². The van der Waals surface area contributed by atoms with Crippen molar-refractivity contribution in [3.63, 3.8) is 0 Å². The second-order valence-corrected chi connectivity index (χ2v) is 6.82. The molecule has 146 valence electrons. The summed E-state index contributed by atoms with van der Waals surface area (Å²) in [5, 5.41) is 0. The molecule has 0 spiro atoms. The molecule has 1 amide bonds. The summed E-state index contributed by atoms with van der Waals surface area (Å²) in [6, 6.07) is 25.4. The number of carbonyl (C=O) groups excluding carboxylic acids is 1. The van der Waals surface area contributed by atoms with E-state index < -0.39 is 0 Å². The monoisotopic (exact) mass is 385 g/mol. The molecule has 5 heteroatoms. The standard InChI is InChI=1S/C24H23N3O2/c28-24(20-12-13-22-23(16-20)26-18-25-22)27(21-10-5-2-6-11-21)14-7-15-29-17-19-8-3-1-4-9-19/h1-6,8-13,16,18H,7,14-15,17H2,(H,25,26). The normalized spacial score (nSPS) is 10.9. The Bertz CT molecular complexity index is 1060. The summed E-state index contributed by atoms with van der Waals surface area (Å²) in [6.45, 7) is 1.75. The number of aromatic amines is 1. The number of nitrogens with one attached hydrogen (secondary N) is 1. The summed E-state index contributed by atoms with van der Waals surface area (Å²) in [5.41, 5.74) is 4.37. The number of rotatable bonds is 8. The fraction of sp³-hybridized carbons (Fsp3) is 0.167. The van der Waals surface area contributed by atoms with Crippen molar-refractivity contribution < 1.29 is 9.53 Å². The molecule has 0 aliphatic rings. The first kappa shape index (κ1) is 18.9. The number of imidazole rings is 1. The van der Waals surface area contributed by atoms with Crippen LogP contribution in [0, 0.1) is 0 Å². The quantitative estimate of drug-likeness (QED) is 0.443. The lowest BCUT2D eigenvalue weighted by Crippen LogP contribution is -2.32. The fourth-order valence-electron chi connectivity index (χ4n) is 3.27. The number of nitrogens with zero attached hydrogens (tertiary/aromatic N) is 2. The molecule has 0 aliphatic heterocycles. The van der Waals surface area contributed by atoms with Crippen LogP contribution in [0.3, 0.4) is 0 Å². The Morgan fingerprint density at radius 3 is 2.52 bits per heavy atom. The Morgan fingerprint density at radius 1 is 0.966 bits per heavy atom. The van der Waals surface area contributed by atoms with Gasteiger partial charge in [0.1, 0.15) is 0 Å². The van der Waals surface area contributed by atoms with Gasteiger partial charge in [0, 0.05) is 24.4 Å². The molecule has 1 aromatic heterocycles. The predicted octanol–water partition coefficient (Wildman–Crippen LogP) is 4.82. The van der Waals surface area contributed by atoms with Gasteiger partial charge in [0.15, 0.2) is 0 Å². The van der Waals surface area contributed by atoms with Crippen LogP contribution in [-0.4, -0.2) is 29.0 Å². The van der Waals surface area contributed by atoms with Crippen LogP contribution in [0.15, 0.2) is 85.2 Å². The largest absolute Gasteiger partial charge is 0.377 e. The molecule has 0 aliphatic carbocycles. The van der Waals surface area contributed by atoms with Crippen LogP contribution in [0.2, 0.25) is 0 Å². The number of aromatic nitrogens is 2. The maximum absolute atomic E-state index is 13.2. The topological polar surface area (TPSA) is 58.2 Å². The Hall–Kier alpha value is -3.44. The van der Waals surface area contributed by atoms with Gasteiger partial charge in [-0.25, -0.2) is 4.98 Å². The van der Waals surface area contributed by atoms with Gasteiger partial charge in [-0.2, -0.15) is 0 Å². The van der Waals surface area contributed by atoms with Crippen LogP contribution < -0.4 is 4.90 Å². The van der Waals surface area contributed by atoms with Crippen LogP contribution in [0.5, 0.6) is 0 Å². The first-order valence-corrected chi connectivity index (χ1v) is 9.73. The molecule has 0 fully saturated rings. The van der Waals surface area contributed by atoms with E-state index in [2.05, 4.69) is 9.97 Å². The van der Waals surface area contributed by atoms with Crippen LogP contribution in [0.25, 0.3) is 11.0 Å². The number of amides is 1. The molecule has 4 rings (SSSR count). The molecule has 1 heterocycles. The summed E-state index contributed by atoms with van der Waals surface area (Å²) in [4.78, 5) is 22.3. The first-order valence-electron chi connectivity index (χ1n) is 9.73. The van der Waals surface area contributed by atoms with E-state index in [4.69, 9.17) is 4.74 Å². The molecule has 1 N–H and O–H groups in total. The van der Waals surface area contributed by atoms with E-state index in [1.54, 1.807) is 6.33 Å². The van der Waals surface area contributed by atoms with Crippen LogP contribution in [0.4, 0.5) is 5.69 Å². The van der Waals surface area contributed by atoms with Crippen molar-refractivity contribution in [2.75, 3.05) is 18.1 Å². The molecule has 4 aromatic rings. The van der Waals surface area contributed by atoms with Gasteiger partial charge in [-0.15, -0.1) is 0 Å². The summed E-state index contributed by atoms with van der Waals surface area (Å²) >= 11 is 0. The molecule has 29 heavy (non-hydrogen) atoms. The Morgan fingerprint density at radius 2 is 1.72 bits per heavy atom. The average molecular weight is 385 g/mol. The van der Waals surface area contributed by atoms with Gasteiger partial charge in [0.05, 0.1) is 24.0 Å². The van der Waals surface area contributed by atoms with Gasteiger partial charge >= 0.3 is 0 Å². The van der Waals surface area contributed by atoms with Gasteiger partial charge in [-0.05, 0) is 42.3 Å². The zero-order chi connectivity index (χ0) is 19.9. The number of para-hydroxylation sites is 1. The zero-order valence-corrected chi connectivity index (χ0v) is 16.1. The number of fused-ring (bicyclic) bond motifs is 1. The van der Waals surface area contributed by atoms with E-state index in [0.29, 0.717) is 25.3 Å². The van der Waals surface area contributed by atoms with Gasteiger partial charge < -0.3 is 14.6 Å². The lowest BCUT2D eigenvalue weighted by molar-refractivity contribution is 0.0973. The highest BCUT2D eigenvalue weighted by atomic mass is 16.5. The van der Waals surface area contributed by atoms with Crippen molar-refractivity contribution in [2.45, 2.75) is 13.0 Å². The molecule has 0 unspecified atom stereocenters. The van der Waals surface area contributed by atoms with Crippen molar-refractivity contribution in [2.24, 2.45) is 0 Å². The molecule has 0 radical (unpaired) electrons. The predicted molar refractivity (Wildman–Crippen MR) is 115 cm³/mol. The van der Waals surface area contributed by atoms with E-state index in [0.717, 1.165) is 28.7 Å². The van der Waals surface area contributed by atoms with E-state index >= 15 is 0 Å². The zero-order valence-electron chi connectivity index (χ0n) is 16.1. The minimum absolute atomic E-state index is 0.0317. The van der Waals surface area contributed by atoms with Crippen LogP contribution in [0.1, 0.15) is 22.3 Å². The van der Waals surface area contributed by atoms with Crippen molar-refractivity contribution >= 4 is 22.6 Å². The summed E-state index contributed by atoms with van der Waals surface area (Å²) < 4.78 is 5.79. The molecule has 0 bridgehead atoms. The SMILES string of the molecule is O=C(c1ccc2nc[nH]c2c1)N(CCCOCc1ccccc1)c1ccccc1. The molecule has 0 saturated heterocycles. The third kappa shape index (κ3) is 4.70. The summed E-state index contributed by atoms with van der Waals surface area (Å²) in [5.74, 6) is -0.0317. The summed E-state index contributed by atoms with van der Waals surface area (Å²) in [7, 11) is 0. The second kappa shape index (κ2) is 9.17. The molecular weight excluding hydrogens is 362 g/mol. The van der Waals surface area contributed by atoms with Crippen molar-refractivity contribution in [1.82, 2.24) is 9.97 Å². The number of hydrogen-bond acceptors (Lipinski definition) is 3. The molecule has 0 saturated carbocycles. The lowest BCUT2D eigenvalue weighted by Gasteiger charge is -2.23. The number of hydrogen-bond donors (Lipinski definition) is 1. The maximum Gasteiger partial charge on any atom is 0.258 e. The Balaban J connectivity index is 1.43.